The van der Waals surface area contributed by atoms with Gasteiger partial charge in [-0.25, -0.2) is 4.39 Å². The third kappa shape index (κ3) is 4.51. The summed E-state index contributed by atoms with van der Waals surface area (Å²) < 4.78 is 14.3. The molecule has 1 N–H and O–H groups in total. The Hall–Kier alpha value is -0.940. The number of benzene rings is 2. The van der Waals surface area contributed by atoms with Gasteiger partial charge in [0.25, 0.3) is 0 Å². The highest BCUT2D eigenvalue weighted by molar-refractivity contribution is 14.1. The summed E-state index contributed by atoms with van der Waals surface area (Å²) in [5.41, 5.74) is 3.82. The van der Waals surface area contributed by atoms with Crippen LogP contribution in [-0.2, 0) is 6.42 Å². The van der Waals surface area contributed by atoms with Crippen molar-refractivity contribution in [3.63, 3.8) is 0 Å². The summed E-state index contributed by atoms with van der Waals surface area (Å²) in [7, 11) is 0. The molecule has 0 spiro atoms. The van der Waals surface area contributed by atoms with Crippen LogP contribution in [0.3, 0.4) is 0 Å². The monoisotopic (exact) mass is 397 g/mol. The Balaban J connectivity index is 2.27. The van der Waals surface area contributed by atoms with E-state index in [1.165, 1.54) is 16.7 Å². The average molecular weight is 397 g/mol. The van der Waals surface area contributed by atoms with Gasteiger partial charge in [0.1, 0.15) is 5.82 Å². The van der Waals surface area contributed by atoms with E-state index in [2.05, 4.69) is 66.0 Å². The Morgan fingerprint density at radius 1 is 1.19 bits per heavy atom. The fraction of sp³-hybridized carbons (Fsp3) is 0.333. The maximum atomic E-state index is 13.3. The van der Waals surface area contributed by atoms with E-state index in [4.69, 9.17) is 0 Å². The lowest BCUT2D eigenvalue weighted by atomic mass is 9.96. The molecule has 0 radical (unpaired) electrons. The van der Waals surface area contributed by atoms with Gasteiger partial charge in [-0.2, -0.15) is 0 Å². The predicted molar refractivity (Wildman–Crippen MR) is 95.0 cm³/mol. The standard InChI is InChI=1S/C18H21FIN/c1-3-10-21-18(11-14-7-5-4-6-13(14)2)16-9-8-15(19)12-17(16)20/h4-9,12,18,21H,3,10-11H2,1-2H3. The summed E-state index contributed by atoms with van der Waals surface area (Å²) in [6.45, 7) is 5.26. The quantitative estimate of drug-likeness (QED) is 0.675. The molecule has 112 valence electrons. The van der Waals surface area contributed by atoms with E-state index in [1.807, 2.05) is 6.07 Å². The van der Waals surface area contributed by atoms with Crippen LogP contribution in [0.25, 0.3) is 0 Å². The largest absolute Gasteiger partial charge is 0.310 e. The number of hydrogen-bond acceptors (Lipinski definition) is 1. The molecule has 2 aromatic rings. The second-order valence-electron chi connectivity index (χ2n) is 5.30. The molecule has 0 heterocycles. The summed E-state index contributed by atoms with van der Waals surface area (Å²) in [5, 5.41) is 3.59. The van der Waals surface area contributed by atoms with E-state index in [0.717, 1.165) is 23.0 Å². The van der Waals surface area contributed by atoms with Crippen molar-refractivity contribution in [3.8, 4) is 0 Å². The lowest BCUT2D eigenvalue weighted by Gasteiger charge is -2.21. The molecule has 1 atom stereocenters. The number of nitrogens with one attached hydrogen (secondary N) is 1. The van der Waals surface area contributed by atoms with E-state index in [9.17, 15) is 4.39 Å². The topological polar surface area (TPSA) is 12.0 Å². The third-order valence-electron chi connectivity index (χ3n) is 3.66. The van der Waals surface area contributed by atoms with Crippen molar-refractivity contribution >= 4 is 22.6 Å². The van der Waals surface area contributed by atoms with Crippen molar-refractivity contribution in [3.05, 3.63) is 68.5 Å². The SMILES string of the molecule is CCCNC(Cc1ccccc1C)c1ccc(F)cc1I. The highest BCUT2D eigenvalue weighted by Gasteiger charge is 2.15. The summed E-state index contributed by atoms with van der Waals surface area (Å²) in [6.07, 6.45) is 2.01. The van der Waals surface area contributed by atoms with Crippen molar-refractivity contribution in [1.29, 1.82) is 0 Å². The van der Waals surface area contributed by atoms with E-state index < -0.39 is 0 Å². The zero-order chi connectivity index (χ0) is 15.2. The van der Waals surface area contributed by atoms with Gasteiger partial charge in [0.2, 0.25) is 0 Å². The first-order valence-corrected chi connectivity index (χ1v) is 8.42. The number of hydrogen-bond donors (Lipinski definition) is 1. The van der Waals surface area contributed by atoms with Gasteiger partial charge < -0.3 is 5.32 Å². The van der Waals surface area contributed by atoms with Gasteiger partial charge in [-0.05, 0) is 77.7 Å². The summed E-state index contributed by atoms with van der Waals surface area (Å²) >= 11 is 2.22. The van der Waals surface area contributed by atoms with Crippen molar-refractivity contribution in [2.75, 3.05) is 6.54 Å². The van der Waals surface area contributed by atoms with E-state index in [-0.39, 0.29) is 11.9 Å². The average Bonchev–Trinajstić information content (AvgIpc) is 2.46. The van der Waals surface area contributed by atoms with Gasteiger partial charge in [-0.15, -0.1) is 0 Å². The van der Waals surface area contributed by atoms with Crippen molar-refractivity contribution < 1.29 is 4.39 Å². The van der Waals surface area contributed by atoms with Crippen molar-refractivity contribution in [2.24, 2.45) is 0 Å². The van der Waals surface area contributed by atoms with Crippen LogP contribution in [-0.4, -0.2) is 6.54 Å². The summed E-state index contributed by atoms with van der Waals surface area (Å²) in [4.78, 5) is 0. The Morgan fingerprint density at radius 3 is 2.62 bits per heavy atom. The molecule has 0 saturated heterocycles. The molecule has 0 bridgehead atoms. The molecular weight excluding hydrogens is 376 g/mol. The molecule has 0 aliphatic carbocycles. The van der Waals surface area contributed by atoms with Crippen molar-refractivity contribution in [2.45, 2.75) is 32.7 Å². The van der Waals surface area contributed by atoms with Crippen molar-refractivity contribution in [1.82, 2.24) is 5.32 Å². The van der Waals surface area contributed by atoms with Crippen LogP contribution < -0.4 is 5.32 Å². The molecular formula is C18H21FIN. The molecule has 0 saturated carbocycles. The van der Waals surface area contributed by atoms with E-state index >= 15 is 0 Å². The summed E-state index contributed by atoms with van der Waals surface area (Å²) in [6, 6.07) is 13.7. The highest BCUT2D eigenvalue weighted by Crippen LogP contribution is 2.25. The van der Waals surface area contributed by atoms with Gasteiger partial charge in [0.05, 0.1) is 0 Å². The molecule has 0 fully saturated rings. The minimum absolute atomic E-state index is 0.173. The molecule has 0 aromatic heterocycles. The van der Waals surface area contributed by atoms with Gasteiger partial charge >= 0.3 is 0 Å². The first-order chi connectivity index (χ1) is 10.1. The number of halogens is 2. The normalized spacial score (nSPS) is 12.4. The maximum absolute atomic E-state index is 13.3. The van der Waals surface area contributed by atoms with Gasteiger partial charge in [-0.1, -0.05) is 37.3 Å². The second kappa shape index (κ2) is 7.90. The Labute approximate surface area is 140 Å². The molecule has 2 rings (SSSR count). The zero-order valence-corrected chi connectivity index (χ0v) is 14.7. The van der Waals surface area contributed by atoms with Gasteiger partial charge in [0.15, 0.2) is 0 Å². The maximum Gasteiger partial charge on any atom is 0.124 e. The minimum Gasteiger partial charge on any atom is -0.310 e. The van der Waals surface area contributed by atoms with Gasteiger partial charge in [-0.3, -0.25) is 0 Å². The Kier molecular flexibility index (Phi) is 6.18. The molecule has 2 aromatic carbocycles. The fourth-order valence-corrected chi connectivity index (χ4v) is 3.31. The molecule has 3 heteroatoms. The van der Waals surface area contributed by atoms with E-state index in [0.29, 0.717) is 0 Å². The van der Waals surface area contributed by atoms with Crippen LogP contribution >= 0.6 is 22.6 Å². The first-order valence-electron chi connectivity index (χ1n) is 7.34. The highest BCUT2D eigenvalue weighted by atomic mass is 127. The molecule has 0 amide bonds. The molecule has 1 unspecified atom stereocenters. The first kappa shape index (κ1) is 16.4. The molecule has 0 aliphatic heterocycles. The van der Waals surface area contributed by atoms with Crippen LogP contribution in [0.4, 0.5) is 4.39 Å². The smallest absolute Gasteiger partial charge is 0.124 e. The Morgan fingerprint density at radius 2 is 1.95 bits per heavy atom. The van der Waals surface area contributed by atoms with Gasteiger partial charge in [0, 0.05) is 9.61 Å². The van der Waals surface area contributed by atoms with Crippen LogP contribution in [0.1, 0.15) is 36.1 Å². The zero-order valence-electron chi connectivity index (χ0n) is 12.5. The lowest BCUT2D eigenvalue weighted by molar-refractivity contribution is 0.524. The number of aryl methyl sites for hydroxylation is 1. The van der Waals surface area contributed by atoms with Crippen LogP contribution in [0.5, 0.6) is 0 Å². The Bertz CT molecular complexity index is 598. The molecule has 1 nitrogen and oxygen atoms in total. The van der Waals surface area contributed by atoms with Crippen LogP contribution in [0, 0.1) is 16.3 Å². The molecule has 21 heavy (non-hydrogen) atoms. The minimum atomic E-state index is -0.173. The predicted octanol–water partition coefficient (Wildman–Crippen LogP) is 5.02. The fourth-order valence-electron chi connectivity index (χ4n) is 2.45. The lowest BCUT2D eigenvalue weighted by Crippen LogP contribution is -2.25. The third-order valence-corrected chi connectivity index (χ3v) is 4.60. The van der Waals surface area contributed by atoms with Crippen LogP contribution in [0.2, 0.25) is 0 Å². The van der Waals surface area contributed by atoms with E-state index in [1.54, 1.807) is 12.1 Å². The summed E-state index contributed by atoms with van der Waals surface area (Å²) in [5.74, 6) is -0.173. The number of rotatable bonds is 6. The molecule has 0 aliphatic rings. The van der Waals surface area contributed by atoms with Crippen LogP contribution in [0.15, 0.2) is 42.5 Å². The second-order valence-corrected chi connectivity index (χ2v) is 6.47.